The number of aliphatic carboxylic acids is 1. The van der Waals surface area contributed by atoms with Crippen LogP contribution in [0.5, 0.6) is 5.88 Å². The fourth-order valence-corrected chi connectivity index (χ4v) is 1.48. The van der Waals surface area contributed by atoms with Crippen molar-refractivity contribution in [3.63, 3.8) is 0 Å². The Hall–Kier alpha value is -2.25. The Kier molecular flexibility index (Phi) is 6.01. The highest BCUT2D eigenvalue weighted by Gasteiger charge is 2.25. The molecule has 0 saturated heterocycles. The topological polar surface area (TPSA) is 88.5 Å². The Bertz CT molecular complexity index is 509. The quantitative estimate of drug-likeness (QED) is 0.800. The summed E-state index contributed by atoms with van der Waals surface area (Å²) in [5.41, 5.74) is -0.103. The number of nitrogens with zero attached hydrogens (tertiary/aromatic N) is 1. The van der Waals surface area contributed by atoms with Gasteiger partial charge in [-0.05, 0) is 19.9 Å². The van der Waals surface area contributed by atoms with Crippen molar-refractivity contribution in [2.45, 2.75) is 38.8 Å². The van der Waals surface area contributed by atoms with Gasteiger partial charge in [0, 0.05) is 12.5 Å². The van der Waals surface area contributed by atoms with Crippen LogP contribution in [0.2, 0.25) is 0 Å². The van der Waals surface area contributed by atoms with E-state index in [9.17, 15) is 18.4 Å². The number of rotatable bonds is 7. The minimum Gasteiger partial charge on any atom is -0.480 e. The number of carbonyl (C=O) groups excluding carboxylic acids is 1. The number of halogens is 2. The first-order chi connectivity index (χ1) is 9.79. The molecule has 6 nitrogen and oxygen atoms in total. The number of hydrogen-bond donors (Lipinski definition) is 2. The van der Waals surface area contributed by atoms with Gasteiger partial charge in [-0.25, -0.2) is 18.6 Å². The van der Waals surface area contributed by atoms with E-state index >= 15 is 0 Å². The zero-order chi connectivity index (χ0) is 16.0. The molecule has 1 heterocycles. The van der Waals surface area contributed by atoms with Gasteiger partial charge < -0.3 is 15.2 Å². The molecule has 1 unspecified atom stereocenters. The minimum atomic E-state index is -2.84. The Morgan fingerprint density at radius 2 is 2.05 bits per heavy atom. The first-order valence-corrected chi connectivity index (χ1v) is 6.25. The lowest BCUT2D eigenvalue weighted by molar-refractivity contribution is -0.140. The van der Waals surface area contributed by atoms with E-state index in [0.29, 0.717) is 0 Å². The summed E-state index contributed by atoms with van der Waals surface area (Å²) in [6.07, 6.45) is -3.96. The second kappa shape index (κ2) is 7.51. The van der Waals surface area contributed by atoms with Crippen molar-refractivity contribution < 1.29 is 28.2 Å². The molecule has 0 aliphatic heterocycles. The molecule has 116 valence electrons. The van der Waals surface area contributed by atoms with Crippen LogP contribution >= 0.6 is 0 Å². The van der Waals surface area contributed by atoms with E-state index in [1.807, 2.05) is 5.32 Å². The highest BCUT2D eigenvalue weighted by atomic mass is 19.3. The number of nitrogens with one attached hydrogen (secondary N) is 1. The molecule has 1 atom stereocenters. The molecular weight excluding hydrogens is 286 g/mol. The molecular formula is C13H16F2N2O4. The fourth-order valence-electron chi connectivity index (χ4n) is 1.48. The number of ether oxygens (including phenoxy) is 1. The second-order valence-electron chi connectivity index (χ2n) is 4.52. The van der Waals surface area contributed by atoms with Gasteiger partial charge in [-0.1, -0.05) is 6.07 Å². The SMILES string of the molecule is CC(C)Oc1cccc(C(=O)NC(CC(F)F)C(=O)O)n1. The largest absolute Gasteiger partial charge is 0.480 e. The fraction of sp³-hybridized carbons (Fsp3) is 0.462. The lowest BCUT2D eigenvalue weighted by atomic mass is 10.2. The highest BCUT2D eigenvalue weighted by molar-refractivity contribution is 5.95. The molecule has 1 amide bonds. The molecule has 0 aliphatic rings. The van der Waals surface area contributed by atoms with Crippen LogP contribution in [0, 0.1) is 0 Å². The number of carboxylic acids is 1. The number of pyridine rings is 1. The van der Waals surface area contributed by atoms with Crippen LogP contribution in [0.15, 0.2) is 18.2 Å². The van der Waals surface area contributed by atoms with Crippen LogP contribution in [0.4, 0.5) is 8.78 Å². The average Bonchev–Trinajstić information content (AvgIpc) is 2.36. The molecule has 1 aromatic heterocycles. The summed E-state index contributed by atoms with van der Waals surface area (Å²) in [6, 6.07) is 2.70. The number of hydrogen-bond acceptors (Lipinski definition) is 4. The third-order valence-corrected chi connectivity index (χ3v) is 2.33. The molecule has 0 aromatic carbocycles. The standard InChI is InChI=1S/C13H16F2N2O4/c1-7(2)21-11-5-3-4-8(16-11)12(18)17-9(13(19)20)6-10(14)15/h3-5,7,9-10H,6H2,1-2H3,(H,17,18)(H,19,20). The smallest absolute Gasteiger partial charge is 0.326 e. The molecule has 0 fully saturated rings. The number of aromatic nitrogens is 1. The molecule has 2 N–H and O–H groups in total. The van der Waals surface area contributed by atoms with E-state index < -0.39 is 30.8 Å². The Balaban J connectivity index is 2.80. The summed E-state index contributed by atoms with van der Waals surface area (Å²) in [5.74, 6) is -2.19. The highest BCUT2D eigenvalue weighted by Crippen LogP contribution is 2.11. The Morgan fingerprint density at radius 3 is 2.57 bits per heavy atom. The zero-order valence-corrected chi connectivity index (χ0v) is 11.5. The van der Waals surface area contributed by atoms with Gasteiger partial charge in [-0.3, -0.25) is 4.79 Å². The van der Waals surface area contributed by atoms with Gasteiger partial charge in [0.25, 0.3) is 5.91 Å². The van der Waals surface area contributed by atoms with Crippen molar-refractivity contribution in [3.05, 3.63) is 23.9 Å². The van der Waals surface area contributed by atoms with E-state index in [4.69, 9.17) is 9.84 Å². The van der Waals surface area contributed by atoms with Crippen molar-refractivity contribution in [2.24, 2.45) is 0 Å². The molecule has 1 rings (SSSR count). The lowest BCUT2D eigenvalue weighted by Crippen LogP contribution is -2.42. The van der Waals surface area contributed by atoms with Crippen LogP contribution in [-0.2, 0) is 4.79 Å². The van der Waals surface area contributed by atoms with Gasteiger partial charge in [0.1, 0.15) is 11.7 Å². The minimum absolute atomic E-state index is 0.103. The van der Waals surface area contributed by atoms with Crippen LogP contribution in [0.3, 0.4) is 0 Å². The molecule has 8 heteroatoms. The van der Waals surface area contributed by atoms with Gasteiger partial charge in [0.2, 0.25) is 12.3 Å². The number of alkyl halides is 2. The summed E-state index contributed by atoms with van der Waals surface area (Å²) < 4.78 is 29.8. The first-order valence-electron chi connectivity index (χ1n) is 6.25. The summed E-state index contributed by atoms with van der Waals surface area (Å²) in [7, 11) is 0. The van der Waals surface area contributed by atoms with E-state index in [1.54, 1.807) is 13.8 Å². The summed E-state index contributed by atoms with van der Waals surface area (Å²) in [5, 5.41) is 10.8. The van der Waals surface area contributed by atoms with Crippen LogP contribution in [0.1, 0.15) is 30.8 Å². The molecule has 0 saturated carbocycles. The second-order valence-corrected chi connectivity index (χ2v) is 4.52. The maximum absolute atomic E-state index is 12.3. The summed E-state index contributed by atoms with van der Waals surface area (Å²) in [4.78, 5) is 26.6. The van der Waals surface area contributed by atoms with Crippen molar-refractivity contribution >= 4 is 11.9 Å². The molecule has 1 aromatic rings. The third kappa shape index (κ3) is 5.72. The Morgan fingerprint density at radius 1 is 1.38 bits per heavy atom. The van der Waals surface area contributed by atoms with E-state index in [0.717, 1.165) is 0 Å². The van der Waals surface area contributed by atoms with Crippen LogP contribution in [0.25, 0.3) is 0 Å². The molecule has 0 radical (unpaired) electrons. The van der Waals surface area contributed by atoms with Crippen molar-refractivity contribution in [2.75, 3.05) is 0 Å². The first kappa shape index (κ1) is 16.8. The third-order valence-electron chi connectivity index (χ3n) is 2.33. The van der Waals surface area contributed by atoms with Gasteiger partial charge in [0.15, 0.2) is 0 Å². The molecule has 0 bridgehead atoms. The van der Waals surface area contributed by atoms with Crippen molar-refractivity contribution in [3.8, 4) is 5.88 Å². The number of carbonyl (C=O) groups is 2. The van der Waals surface area contributed by atoms with E-state index in [1.165, 1.54) is 18.2 Å². The van der Waals surface area contributed by atoms with Gasteiger partial charge in [0.05, 0.1) is 6.10 Å². The monoisotopic (exact) mass is 302 g/mol. The Labute approximate surface area is 120 Å². The van der Waals surface area contributed by atoms with E-state index in [2.05, 4.69) is 4.98 Å². The predicted molar refractivity (Wildman–Crippen MR) is 69.5 cm³/mol. The lowest BCUT2D eigenvalue weighted by Gasteiger charge is -2.14. The van der Waals surface area contributed by atoms with Gasteiger partial charge in [-0.2, -0.15) is 0 Å². The zero-order valence-electron chi connectivity index (χ0n) is 11.5. The molecule has 0 aliphatic carbocycles. The number of amides is 1. The molecule has 0 spiro atoms. The van der Waals surface area contributed by atoms with Gasteiger partial charge in [-0.15, -0.1) is 0 Å². The predicted octanol–water partition coefficient (Wildman–Crippen LogP) is 1.71. The average molecular weight is 302 g/mol. The van der Waals surface area contributed by atoms with Crippen LogP contribution < -0.4 is 10.1 Å². The summed E-state index contributed by atoms with van der Waals surface area (Å²) in [6.45, 7) is 3.55. The normalized spacial score (nSPS) is 12.3. The van der Waals surface area contributed by atoms with Crippen LogP contribution in [-0.4, -0.2) is 40.5 Å². The van der Waals surface area contributed by atoms with Crippen molar-refractivity contribution in [1.82, 2.24) is 10.3 Å². The summed E-state index contributed by atoms with van der Waals surface area (Å²) >= 11 is 0. The number of carboxylic acid groups (broad SMARTS) is 1. The van der Waals surface area contributed by atoms with Crippen molar-refractivity contribution in [1.29, 1.82) is 0 Å². The maximum atomic E-state index is 12.3. The molecule has 21 heavy (non-hydrogen) atoms. The maximum Gasteiger partial charge on any atom is 0.326 e. The van der Waals surface area contributed by atoms with E-state index in [-0.39, 0.29) is 17.7 Å². The van der Waals surface area contributed by atoms with Gasteiger partial charge >= 0.3 is 5.97 Å².